The molecule has 0 aromatic carbocycles. The van der Waals surface area contributed by atoms with E-state index in [1.165, 1.54) is 4.90 Å². The molecular weight excluding hydrogens is 242 g/mol. The maximum Gasteiger partial charge on any atom is 0.242 e. The molecule has 5 heteroatoms. The third-order valence-corrected chi connectivity index (χ3v) is 4.02. The molecule has 1 fully saturated rings. The van der Waals surface area contributed by atoms with Crippen LogP contribution in [0.25, 0.3) is 0 Å². The van der Waals surface area contributed by atoms with Crippen LogP contribution in [-0.4, -0.2) is 53.8 Å². The van der Waals surface area contributed by atoms with Gasteiger partial charge in [0.15, 0.2) is 0 Å². The molecule has 0 aromatic rings. The fourth-order valence-corrected chi connectivity index (χ4v) is 2.66. The highest BCUT2D eigenvalue weighted by Gasteiger charge is 2.33. The molecule has 5 nitrogen and oxygen atoms in total. The minimum absolute atomic E-state index is 0.00153. The van der Waals surface area contributed by atoms with Gasteiger partial charge in [-0.05, 0) is 26.7 Å². The summed E-state index contributed by atoms with van der Waals surface area (Å²) in [6, 6.07) is 0. The molecule has 1 aliphatic rings. The minimum Gasteiger partial charge on any atom is -0.342 e. The lowest BCUT2D eigenvalue weighted by atomic mass is 9.94. The fourth-order valence-electron chi connectivity index (χ4n) is 2.66. The summed E-state index contributed by atoms with van der Waals surface area (Å²) in [5.41, 5.74) is 5.85. The highest BCUT2D eigenvalue weighted by molar-refractivity contribution is 5.85. The van der Waals surface area contributed by atoms with Crippen LogP contribution in [0.1, 0.15) is 46.0 Å². The predicted molar refractivity (Wildman–Crippen MR) is 75.6 cm³/mol. The maximum absolute atomic E-state index is 12.1. The van der Waals surface area contributed by atoms with E-state index in [0.29, 0.717) is 19.5 Å². The summed E-state index contributed by atoms with van der Waals surface area (Å²) in [7, 11) is 1.68. The first kappa shape index (κ1) is 16.0. The Bertz CT molecular complexity index is 321. The van der Waals surface area contributed by atoms with Gasteiger partial charge in [-0.1, -0.05) is 12.8 Å². The maximum atomic E-state index is 12.1. The first-order valence-electron chi connectivity index (χ1n) is 7.22. The van der Waals surface area contributed by atoms with E-state index in [4.69, 9.17) is 5.73 Å². The summed E-state index contributed by atoms with van der Waals surface area (Å²) in [5, 5.41) is 0. The topological polar surface area (TPSA) is 66.6 Å². The van der Waals surface area contributed by atoms with Crippen molar-refractivity contribution in [2.75, 3.05) is 26.7 Å². The largest absolute Gasteiger partial charge is 0.342 e. The number of likely N-dealkylation sites (N-methyl/N-ethyl adjacent to an activating group) is 2. The second-order valence-corrected chi connectivity index (χ2v) is 5.56. The fraction of sp³-hybridized carbons (Fsp3) is 0.857. The van der Waals surface area contributed by atoms with Crippen molar-refractivity contribution in [1.82, 2.24) is 9.80 Å². The van der Waals surface area contributed by atoms with Crippen molar-refractivity contribution in [2.45, 2.75) is 51.5 Å². The van der Waals surface area contributed by atoms with E-state index in [1.54, 1.807) is 11.9 Å². The molecule has 0 radical (unpaired) electrons. The second kappa shape index (κ2) is 6.89. The van der Waals surface area contributed by atoms with Crippen molar-refractivity contribution in [3.63, 3.8) is 0 Å². The zero-order valence-electron chi connectivity index (χ0n) is 12.4. The molecule has 2 N–H and O–H groups in total. The van der Waals surface area contributed by atoms with Crippen molar-refractivity contribution in [3.8, 4) is 0 Å². The van der Waals surface area contributed by atoms with Crippen molar-refractivity contribution in [1.29, 1.82) is 0 Å². The first-order valence-corrected chi connectivity index (χ1v) is 7.22. The van der Waals surface area contributed by atoms with Gasteiger partial charge in [-0.25, -0.2) is 0 Å². The molecule has 0 aromatic heterocycles. The van der Waals surface area contributed by atoms with E-state index in [0.717, 1.165) is 25.7 Å². The van der Waals surface area contributed by atoms with Crippen LogP contribution in [0.5, 0.6) is 0 Å². The molecule has 0 atom stereocenters. The quantitative estimate of drug-likeness (QED) is 0.781. The summed E-state index contributed by atoms with van der Waals surface area (Å²) in [6.45, 7) is 5.39. The van der Waals surface area contributed by atoms with Gasteiger partial charge in [-0.15, -0.1) is 0 Å². The highest BCUT2D eigenvalue weighted by atomic mass is 16.2. The molecule has 2 amide bonds. The number of carbonyl (C=O) groups is 2. The van der Waals surface area contributed by atoms with Crippen LogP contribution in [0.2, 0.25) is 0 Å². The van der Waals surface area contributed by atoms with Gasteiger partial charge in [0.25, 0.3) is 0 Å². The Balaban J connectivity index is 2.46. The van der Waals surface area contributed by atoms with E-state index in [2.05, 4.69) is 0 Å². The van der Waals surface area contributed by atoms with Gasteiger partial charge < -0.3 is 15.5 Å². The Morgan fingerprint density at radius 1 is 1.11 bits per heavy atom. The van der Waals surface area contributed by atoms with Crippen LogP contribution in [-0.2, 0) is 9.59 Å². The van der Waals surface area contributed by atoms with Gasteiger partial charge in [0.1, 0.15) is 0 Å². The standard InChI is InChI=1S/C14H27N3O2/c1-4-17(5-2)13(19)11-16(3)12(18)10-14(15)8-6-7-9-14/h4-11,15H2,1-3H3. The Labute approximate surface area is 116 Å². The molecule has 0 aliphatic heterocycles. The van der Waals surface area contributed by atoms with Crippen LogP contribution in [0.3, 0.4) is 0 Å². The lowest BCUT2D eigenvalue weighted by Gasteiger charge is -2.27. The van der Waals surface area contributed by atoms with Crippen molar-refractivity contribution < 1.29 is 9.59 Å². The lowest BCUT2D eigenvalue weighted by Crippen LogP contribution is -2.45. The molecule has 0 saturated heterocycles. The van der Waals surface area contributed by atoms with Crippen LogP contribution in [0.15, 0.2) is 0 Å². The van der Waals surface area contributed by atoms with Gasteiger partial charge in [-0.3, -0.25) is 9.59 Å². The average Bonchev–Trinajstić information content (AvgIpc) is 2.77. The molecule has 1 rings (SSSR count). The normalized spacial score (nSPS) is 17.3. The van der Waals surface area contributed by atoms with Crippen molar-refractivity contribution in [3.05, 3.63) is 0 Å². The van der Waals surface area contributed by atoms with Gasteiger partial charge in [-0.2, -0.15) is 0 Å². The number of hydrogen-bond donors (Lipinski definition) is 1. The molecule has 0 spiro atoms. The summed E-state index contributed by atoms with van der Waals surface area (Å²) in [5.74, 6) is -0.0248. The third-order valence-electron chi connectivity index (χ3n) is 4.02. The van der Waals surface area contributed by atoms with Crippen LogP contribution in [0, 0.1) is 0 Å². The lowest BCUT2D eigenvalue weighted by molar-refractivity contribution is -0.139. The Kier molecular flexibility index (Phi) is 5.79. The third kappa shape index (κ3) is 4.49. The van der Waals surface area contributed by atoms with E-state index < -0.39 is 0 Å². The van der Waals surface area contributed by atoms with E-state index >= 15 is 0 Å². The zero-order valence-corrected chi connectivity index (χ0v) is 12.4. The van der Waals surface area contributed by atoms with Crippen LogP contribution in [0.4, 0.5) is 0 Å². The summed E-state index contributed by atoms with van der Waals surface area (Å²) < 4.78 is 0. The number of hydrogen-bond acceptors (Lipinski definition) is 3. The van der Waals surface area contributed by atoms with E-state index in [-0.39, 0.29) is 23.9 Å². The number of rotatable bonds is 6. The summed E-state index contributed by atoms with van der Waals surface area (Å²) in [4.78, 5) is 27.3. The first-order chi connectivity index (χ1) is 8.91. The molecule has 1 saturated carbocycles. The monoisotopic (exact) mass is 269 g/mol. The number of nitrogens with two attached hydrogens (primary N) is 1. The average molecular weight is 269 g/mol. The van der Waals surface area contributed by atoms with Crippen molar-refractivity contribution >= 4 is 11.8 Å². The number of amides is 2. The zero-order chi connectivity index (χ0) is 14.5. The Hall–Kier alpha value is -1.10. The Morgan fingerprint density at radius 3 is 2.11 bits per heavy atom. The smallest absolute Gasteiger partial charge is 0.242 e. The molecule has 1 aliphatic carbocycles. The van der Waals surface area contributed by atoms with Crippen molar-refractivity contribution in [2.24, 2.45) is 5.73 Å². The Morgan fingerprint density at radius 2 is 1.63 bits per heavy atom. The van der Waals surface area contributed by atoms with Gasteiger partial charge in [0, 0.05) is 32.1 Å². The summed E-state index contributed by atoms with van der Waals surface area (Å²) >= 11 is 0. The SMILES string of the molecule is CCN(CC)C(=O)CN(C)C(=O)CC1(N)CCCC1. The van der Waals surface area contributed by atoms with Gasteiger partial charge in [0.05, 0.1) is 6.54 Å². The van der Waals surface area contributed by atoms with Crippen LogP contribution >= 0.6 is 0 Å². The molecule has 0 unspecified atom stereocenters. The minimum atomic E-state index is -0.344. The highest BCUT2D eigenvalue weighted by Crippen LogP contribution is 2.30. The molecule has 110 valence electrons. The molecule has 19 heavy (non-hydrogen) atoms. The summed E-state index contributed by atoms with van der Waals surface area (Å²) in [6.07, 6.45) is 4.39. The molecular formula is C14H27N3O2. The second-order valence-electron chi connectivity index (χ2n) is 5.56. The number of nitrogens with zero attached hydrogens (tertiary/aromatic N) is 2. The van der Waals surface area contributed by atoms with E-state index in [1.807, 2.05) is 13.8 Å². The van der Waals surface area contributed by atoms with Gasteiger partial charge >= 0.3 is 0 Å². The number of carbonyl (C=O) groups excluding carboxylic acids is 2. The predicted octanol–water partition coefficient (Wildman–Crippen LogP) is 0.975. The van der Waals surface area contributed by atoms with Crippen LogP contribution < -0.4 is 5.73 Å². The molecule has 0 bridgehead atoms. The van der Waals surface area contributed by atoms with E-state index in [9.17, 15) is 9.59 Å². The molecule has 0 heterocycles. The van der Waals surface area contributed by atoms with Gasteiger partial charge in [0.2, 0.25) is 11.8 Å².